The molecule has 0 bridgehead atoms. The molecule has 1 N–H and O–H groups in total. The number of likely N-dealkylation sites (tertiary alicyclic amines) is 1. The highest BCUT2D eigenvalue weighted by Gasteiger charge is 2.31. The number of rotatable bonds is 5. The lowest BCUT2D eigenvalue weighted by molar-refractivity contribution is 0.107. The summed E-state index contributed by atoms with van der Waals surface area (Å²) >= 11 is 0. The number of amides is 2. The summed E-state index contributed by atoms with van der Waals surface area (Å²) in [6.45, 7) is 11.2. The average Bonchev–Trinajstić information content (AvgIpc) is 3.54. The molecule has 3 aromatic rings. The molecule has 0 saturated carbocycles. The van der Waals surface area contributed by atoms with Gasteiger partial charge in [-0.2, -0.15) is 0 Å². The van der Waals surface area contributed by atoms with Crippen molar-refractivity contribution in [3.63, 3.8) is 0 Å². The molecule has 5 heterocycles. The van der Waals surface area contributed by atoms with Crippen LogP contribution < -0.4 is 10.2 Å². The number of nitrogens with zero attached hydrogens (tertiary/aromatic N) is 4. The number of hydrogen-bond acceptors (Lipinski definition) is 5. The summed E-state index contributed by atoms with van der Waals surface area (Å²) in [6, 6.07) is 6.33. The number of ether oxygens (including phenoxy) is 2. The van der Waals surface area contributed by atoms with E-state index in [1.54, 1.807) is 6.92 Å². The molecule has 0 spiro atoms. The SMILES string of the molecule is Cc1cc(C)c(-c2cc(N3CCOCC3)c3nc4c(n3c2)CCOC4)cc1NC(=O)N1CC[C@@H](CC(C)(F)P)C1. The predicted molar refractivity (Wildman–Crippen MR) is 159 cm³/mol. The van der Waals surface area contributed by atoms with Gasteiger partial charge < -0.3 is 29.0 Å². The van der Waals surface area contributed by atoms with Gasteiger partial charge >= 0.3 is 6.03 Å². The first kappa shape index (κ1) is 27.4. The molecule has 2 amide bonds. The van der Waals surface area contributed by atoms with Crippen LogP contribution in [0.4, 0.5) is 20.6 Å². The molecule has 0 aliphatic carbocycles. The molecule has 3 aliphatic rings. The van der Waals surface area contributed by atoms with Crippen LogP contribution in [0.3, 0.4) is 0 Å². The summed E-state index contributed by atoms with van der Waals surface area (Å²) in [6.07, 6.45) is 4.27. The number of imidazole rings is 1. The molecule has 214 valence electrons. The zero-order chi connectivity index (χ0) is 28.0. The molecule has 1 aromatic carbocycles. The second kappa shape index (κ2) is 10.9. The number of anilines is 2. The molecular weight excluding hydrogens is 528 g/mol. The van der Waals surface area contributed by atoms with E-state index in [1.165, 1.54) is 5.69 Å². The zero-order valence-electron chi connectivity index (χ0n) is 23.6. The van der Waals surface area contributed by atoms with Crippen molar-refractivity contribution >= 4 is 32.3 Å². The van der Waals surface area contributed by atoms with E-state index in [2.05, 4.69) is 55.2 Å². The molecule has 2 aromatic heterocycles. The van der Waals surface area contributed by atoms with Crippen LogP contribution in [0.1, 0.15) is 42.3 Å². The van der Waals surface area contributed by atoms with Crippen molar-refractivity contribution in [1.29, 1.82) is 0 Å². The topological polar surface area (TPSA) is 71.3 Å². The summed E-state index contributed by atoms with van der Waals surface area (Å²) < 4.78 is 27.7. The largest absolute Gasteiger partial charge is 0.378 e. The molecule has 10 heteroatoms. The Labute approximate surface area is 237 Å². The lowest BCUT2D eigenvalue weighted by Gasteiger charge is -2.29. The molecule has 3 atom stereocenters. The maximum atomic E-state index is 14.2. The third kappa shape index (κ3) is 5.56. The fraction of sp³-hybridized carbons (Fsp3) is 0.533. The average molecular weight is 568 g/mol. The van der Waals surface area contributed by atoms with Crippen molar-refractivity contribution in [2.45, 2.75) is 52.1 Å². The number of aryl methyl sites for hydroxylation is 2. The quantitative estimate of drug-likeness (QED) is 0.422. The van der Waals surface area contributed by atoms with E-state index in [4.69, 9.17) is 14.5 Å². The second-order valence-corrected chi connectivity index (χ2v) is 12.9. The number of urea groups is 1. The van der Waals surface area contributed by atoms with E-state index in [0.717, 1.165) is 70.9 Å². The molecule has 2 saturated heterocycles. The van der Waals surface area contributed by atoms with Crippen molar-refractivity contribution in [2.75, 3.05) is 56.2 Å². The van der Waals surface area contributed by atoms with Gasteiger partial charge in [0.2, 0.25) is 0 Å². The number of aromatic nitrogens is 2. The van der Waals surface area contributed by atoms with Gasteiger partial charge in [-0.25, -0.2) is 14.2 Å². The minimum Gasteiger partial charge on any atom is -0.378 e. The monoisotopic (exact) mass is 567 g/mol. The number of carbonyl (C=O) groups excluding carboxylic acids is 1. The molecule has 8 nitrogen and oxygen atoms in total. The van der Waals surface area contributed by atoms with Crippen molar-refractivity contribution in [3.05, 3.63) is 46.9 Å². The van der Waals surface area contributed by atoms with Gasteiger partial charge in [-0.1, -0.05) is 15.3 Å². The first-order valence-electron chi connectivity index (χ1n) is 14.3. The molecule has 2 fully saturated rings. The maximum absolute atomic E-state index is 14.2. The van der Waals surface area contributed by atoms with E-state index >= 15 is 0 Å². The van der Waals surface area contributed by atoms with Crippen LogP contribution in [0.5, 0.6) is 0 Å². The summed E-state index contributed by atoms with van der Waals surface area (Å²) in [7, 11) is 2.27. The first-order valence-corrected chi connectivity index (χ1v) is 14.8. The standard InChI is InChI=1S/C30H39FN5O3P/c1-19-12-20(2)24(33-29(37)35-6-4-21(16-35)15-30(3,31)40)14-23(19)22-13-27(34-7-10-38-11-8-34)28-32-25-18-39-9-5-26(25)36(28)17-22/h12-14,17,21H,4-11,15-16,18,40H2,1-3H3,(H,33,37)/t21-,30?/m0/s1. The van der Waals surface area contributed by atoms with E-state index in [0.29, 0.717) is 45.9 Å². The number of fused-ring (bicyclic) bond motifs is 3. The molecule has 2 unspecified atom stereocenters. The van der Waals surface area contributed by atoms with Crippen LogP contribution >= 0.6 is 9.24 Å². The smallest absolute Gasteiger partial charge is 0.321 e. The molecule has 6 rings (SSSR count). The van der Waals surface area contributed by atoms with Gasteiger partial charge in [0, 0.05) is 50.0 Å². The zero-order valence-corrected chi connectivity index (χ0v) is 24.8. The number of halogens is 1. The fourth-order valence-electron chi connectivity index (χ4n) is 6.36. The van der Waals surface area contributed by atoms with Gasteiger partial charge in [0.25, 0.3) is 0 Å². The van der Waals surface area contributed by atoms with Gasteiger partial charge in [0.05, 0.1) is 43.5 Å². The molecule has 0 radical (unpaired) electrons. The van der Waals surface area contributed by atoms with E-state index in [-0.39, 0.29) is 11.9 Å². The third-order valence-electron chi connectivity index (χ3n) is 8.34. The van der Waals surface area contributed by atoms with Crippen LogP contribution in [-0.2, 0) is 22.5 Å². The predicted octanol–water partition coefficient (Wildman–Crippen LogP) is 5.33. The first-order chi connectivity index (χ1) is 19.2. The Balaban J connectivity index is 1.33. The fourth-order valence-corrected chi connectivity index (χ4v) is 6.70. The number of nitrogens with one attached hydrogen (secondary N) is 1. The Kier molecular flexibility index (Phi) is 7.49. The van der Waals surface area contributed by atoms with Gasteiger partial charge in [-0.3, -0.25) is 0 Å². The van der Waals surface area contributed by atoms with Crippen molar-refractivity contribution < 1.29 is 18.7 Å². The lowest BCUT2D eigenvalue weighted by Crippen LogP contribution is -2.36. The van der Waals surface area contributed by atoms with E-state index in [1.807, 2.05) is 11.8 Å². The van der Waals surface area contributed by atoms with Crippen LogP contribution in [0.25, 0.3) is 16.8 Å². The summed E-state index contributed by atoms with van der Waals surface area (Å²) in [4.78, 5) is 22.4. The number of benzene rings is 1. The van der Waals surface area contributed by atoms with Crippen molar-refractivity contribution in [2.24, 2.45) is 5.92 Å². The maximum Gasteiger partial charge on any atom is 0.321 e. The minimum absolute atomic E-state index is 0.127. The summed E-state index contributed by atoms with van der Waals surface area (Å²) in [5.41, 5.74) is 9.36. The van der Waals surface area contributed by atoms with Gasteiger partial charge in [-0.05, 0) is 68.4 Å². The molecule has 40 heavy (non-hydrogen) atoms. The summed E-state index contributed by atoms with van der Waals surface area (Å²) in [5.74, 6) is 0.171. The minimum atomic E-state index is -1.30. The Bertz CT molecular complexity index is 1430. The number of carbonyl (C=O) groups is 1. The van der Waals surface area contributed by atoms with Gasteiger partial charge in [0.15, 0.2) is 5.65 Å². The molecular formula is C30H39FN5O3P. The van der Waals surface area contributed by atoms with Crippen LogP contribution in [0.15, 0.2) is 24.4 Å². The summed E-state index contributed by atoms with van der Waals surface area (Å²) in [5, 5.41) is 1.86. The Morgan fingerprint density at radius 2 is 1.95 bits per heavy atom. The Morgan fingerprint density at radius 1 is 1.15 bits per heavy atom. The van der Waals surface area contributed by atoms with E-state index < -0.39 is 5.41 Å². The lowest BCUT2D eigenvalue weighted by atomic mass is 9.98. The molecule has 3 aliphatic heterocycles. The highest BCUT2D eigenvalue weighted by Crippen LogP contribution is 2.36. The van der Waals surface area contributed by atoms with Crippen LogP contribution in [0, 0.1) is 19.8 Å². The highest BCUT2D eigenvalue weighted by molar-refractivity contribution is 7.18. The van der Waals surface area contributed by atoms with Gasteiger partial charge in [-0.15, -0.1) is 0 Å². The van der Waals surface area contributed by atoms with E-state index in [9.17, 15) is 9.18 Å². The normalized spacial score (nSPS) is 21.0. The van der Waals surface area contributed by atoms with Crippen molar-refractivity contribution in [3.8, 4) is 11.1 Å². The van der Waals surface area contributed by atoms with Crippen molar-refractivity contribution in [1.82, 2.24) is 14.3 Å². The van der Waals surface area contributed by atoms with Crippen LogP contribution in [0.2, 0.25) is 0 Å². The number of hydrogen-bond donors (Lipinski definition) is 1. The number of morpholine rings is 1. The van der Waals surface area contributed by atoms with Gasteiger partial charge in [0.1, 0.15) is 5.41 Å². The Morgan fingerprint density at radius 3 is 2.73 bits per heavy atom. The second-order valence-electron chi connectivity index (χ2n) is 11.7. The Hall–Kier alpha value is -2.74. The third-order valence-corrected chi connectivity index (χ3v) is 8.58. The number of pyridine rings is 1. The van der Waals surface area contributed by atoms with Crippen LogP contribution in [-0.4, -0.2) is 71.7 Å². The number of alkyl halides is 1. The highest BCUT2D eigenvalue weighted by atomic mass is 31.0.